The number of nitrogens with zero attached hydrogens (tertiary/aromatic N) is 1. The molecule has 20 heavy (non-hydrogen) atoms. The molecule has 2 nitrogen and oxygen atoms in total. The van der Waals surface area contributed by atoms with E-state index >= 15 is 0 Å². The van der Waals surface area contributed by atoms with Crippen LogP contribution in [0.2, 0.25) is 5.02 Å². The van der Waals surface area contributed by atoms with Crippen LogP contribution in [0.1, 0.15) is 32.3 Å². The molecule has 0 aliphatic carbocycles. The predicted octanol–water partition coefficient (Wildman–Crippen LogP) is 3.95. The second-order valence-electron chi connectivity index (χ2n) is 5.49. The molecule has 0 radical (unpaired) electrons. The zero-order chi connectivity index (χ0) is 14.5. The van der Waals surface area contributed by atoms with Gasteiger partial charge in [-0.25, -0.2) is 0 Å². The van der Waals surface area contributed by atoms with Crippen LogP contribution in [0.25, 0.3) is 0 Å². The molecule has 1 aliphatic rings. The van der Waals surface area contributed by atoms with Crippen molar-refractivity contribution in [2.45, 2.75) is 44.4 Å². The van der Waals surface area contributed by atoms with E-state index in [2.05, 4.69) is 42.6 Å². The average molecular weight is 313 g/mol. The van der Waals surface area contributed by atoms with Crippen LogP contribution >= 0.6 is 23.4 Å². The minimum Gasteiger partial charge on any atom is -0.369 e. The van der Waals surface area contributed by atoms with Crippen LogP contribution < -0.4 is 10.6 Å². The largest absolute Gasteiger partial charge is 0.369 e. The number of rotatable bonds is 5. The fourth-order valence-corrected chi connectivity index (χ4v) is 3.96. The number of thioether (sulfide) groups is 1. The third kappa shape index (κ3) is 4.06. The normalized spacial score (nSPS) is 21.0. The van der Waals surface area contributed by atoms with Gasteiger partial charge in [0, 0.05) is 40.8 Å². The van der Waals surface area contributed by atoms with Crippen molar-refractivity contribution < 1.29 is 0 Å². The van der Waals surface area contributed by atoms with Gasteiger partial charge in [0.15, 0.2) is 0 Å². The lowest BCUT2D eigenvalue weighted by molar-refractivity contribution is 0.642. The van der Waals surface area contributed by atoms with Gasteiger partial charge in [-0.2, -0.15) is 11.8 Å². The molecule has 0 amide bonds. The zero-order valence-corrected chi connectivity index (χ0v) is 14.0. The minimum absolute atomic E-state index is 0.232. The first-order valence-electron chi connectivity index (χ1n) is 7.54. The summed E-state index contributed by atoms with van der Waals surface area (Å²) in [4.78, 5) is 2.49. The maximum absolute atomic E-state index is 6.21. The van der Waals surface area contributed by atoms with Gasteiger partial charge in [-0.3, -0.25) is 0 Å². The molecule has 112 valence electrons. The molecule has 1 fully saturated rings. The number of nitrogens with two attached hydrogens (primary N) is 1. The molecule has 1 aliphatic heterocycles. The van der Waals surface area contributed by atoms with Crippen LogP contribution in [0.15, 0.2) is 18.2 Å². The minimum atomic E-state index is 0.232. The number of halogens is 1. The van der Waals surface area contributed by atoms with Gasteiger partial charge >= 0.3 is 0 Å². The Morgan fingerprint density at radius 2 is 2.25 bits per heavy atom. The highest BCUT2D eigenvalue weighted by atomic mass is 35.5. The molecule has 0 spiro atoms. The first kappa shape index (κ1) is 16.0. The summed E-state index contributed by atoms with van der Waals surface area (Å²) in [5.74, 6) is 1.20. The Bertz CT molecular complexity index is 438. The molecule has 2 N–H and O–H groups in total. The Balaban J connectivity index is 2.21. The van der Waals surface area contributed by atoms with Crippen molar-refractivity contribution in [3.8, 4) is 0 Å². The third-order valence-electron chi connectivity index (χ3n) is 3.99. The molecule has 2 atom stereocenters. The Morgan fingerprint density at radius 1 is 1.45 bits per heavy atom. The van der Waals surface area contributed by atoms with Crippen molar-refractivity contribution >= 4 is 29.1 Å². The summed E-state index contributed by atoms with van der Waals surface area (Å²) in [7, 11) is 0. The van der Waals surface area contributed by atoms with E-state index in [-0.39, 0.29) is 6.04 Å². The van der Waals surface area contributed by atoms with E-state index in [1.807, 2.05) is 6.07 Å². The number of hydrogen-bond acceptors (Lipinski definition) is 3. The van der Waals surface area contributed by atoms with Gasteiger partial charge in [-0.15, -0.1) is 0 Å². The van der Waals surface area contributed by atoms with Crippen LogP contribution in [0, 0.1) is 0 Å². The fraction of sp³-hybridized carbons (Fsp3) is 0.625. The third-order valence-corrected chi connectivity index (χ3v) is 5.60. The topological polar surface area (TPSA) is 29.3 Å². The Hall–Kier alpha value is -0.380. The molecule has 1 aromatic carbocycles. The van der Waals surface area contributed by atoms with Crippen molar-refractivity contribution in [1.82, 2.24) is 0 Å². The summed E-state index contributed by atoms with van der Waals surface area (Å²) < 4.78 is 0. The van der Waals surface area contributed by atoms with E-state index in [4.69, 9.17) is 17.3 Å². The van der Waals surface area contributed by atoms with E-state index in [1.165, 1.54) is 23.4 Å². The molecule has 4 heteroatoms. The molecular formula is C16H25ClN2S. The highest BCUT2D eigenvalue weighted by molar-refractivity contribution is 8.00. The van der Waals surface area contributed by atoms with Gasteiger partial charge in [-0.05, 0) is 37.0 Å². The van der Waals surface area contributed by atoms with Gasteiger partial charge < -0.3 is 10.6 Å². The maximum atomic E-state index is 6.21. The Labute approximate surface area is 132 Å². The zero-order valence-electron chi connectivity index (χ0n) is 12.4. The summed E-state index contributed by atoms with van der Waals surface area (Å²) in [5.41, 5.74) is 8.77. The van der Waals surface area contributed by atoms with Crippen LogP contribution in [0.3, 0.4) is 0 Å². The van der Waals surface area contributed by atoms with Crippen molar-refractivity contribution in [2.75, 3.05) is 23.7 Å². The van der Waals surface area contributed by atoms with E-state index in [1.54, 1.807) is 0 Å². The second-order valence-corrected chi connectivity index (χ2v) is 7.34. The fourth-order valence-electron chi connectivity index (χ4n) is 2.62. The van der Waals surface area contributed by atoms with Crippen LogP contribution in [-0.2, 0) is 6.42 Å². The van der Waals surface area contributed by atoms with E-state index in [0.29, 0.717) is 0 Å². The van der Waals surface area contributed by atoms with Crippen LogP contribution in [0.4, 0.5) is 5.69 Å². The van der Waals surface area contributed by atoms with Crippen LogP contribution in [0.5, 0.6) is 0 Å². The van der Waals surface area contributed by atoms with E-state index in [9.17, 15) is 0 Å². The molecule has 1 aromatic rings. The lowest BCUT2D eigenvalue weighted by Gasteiger charge is -2.35. The molecule has 0 bridgehead atoms. The Kier molecular flexibility index (Phi) is 6.06. The molecule has 0 saturated carbocycles. The van der Waals surface area contributed by atoms with Gasteiger partial charge in [0.2, 0.25) is 0 Å². The number of hydrogen-bond donors (Lipinski definition) is 1. The molecular weight excluding hydrogens is 288 g/mol. The van der Waals surface area contributed by atoms with Gasteiger partial charge in [0.25, 0.3) is 0 Å². The van der Waals surface area contributed by atoms with E-state index in [0.717, 1.165) is 36.2 Å². The highest BCUT2D eigenvalue weighted by Crippen LogP contribution is 2.31. The second kappa shape index (κ2) is 7.58. The van der Waals surface area contributed by atoms with Gasteiger partial charge in [0.05, 0.1) is 0 Å². The van der Waals surface area contributed by atoms with Crippen LogP contribution in [-0.4, -0.2) is 30.1 Å². The SMILES string of the molecule is CCC(N)Cc1ccc(Cl)cc1N1CCSC(CC)C1. The van der Waals surface area contributed by atoms with Crippen molar-refractivity contribution in [3.05, 3.63) is 28.8 Å². The first-order valence-corrected chi connectivity index (χ1v) is 8.97. The summed E-state index contributed by atoms with van der Waals surface area (Å²) in [6.45, 7) is 6.64. The van der Waals surface area contributed by atoms with Crippen molar-refractivity contribution in [2.24, 2.45) is 5.73 Å². The van der Waals surface area contributed by atoms with Gasteiger partial charge in [-0.1, -0.05) is 31.5 Å². The monoisotopic (exact) mass is 312 g/mol. The lowest BCUT2D eigenvalue weighted by atomic mass is 10.0. The van der Waals surface area contributed by atoms with Crippen molar-refractivity contribution in [1.29, 1.82) is 0 Å². The molecule has 1 heterocycles. The Morgan fingerprint density at radius 3 is 2.95 bits per heavy atom. The molecule has 0 aromatic heterocycles. The summed E-state index contributed by atoms with van der Waals surface area (Å²) >= 11 is 8.30. The van der Waals surface area contributed by atoms with E-state index < -0.39 is 0 Å². The number of anilines is 1. The number of benzene rings is 1. The summed E-state index contributed by atoms with van der Waals surface area (Å²) in [5, 5.41) is 1.55. The summed E-state index contributed by atoms with van der Waals surface area (Å²) in [6, 6.07) is 6.48. The molecule has 2 unspecified atom stereocenters. The molecule has 1 saturated heterocycles. The average Bonchev–Trinajstić information content (AvgIpc) is 2.49. The maximum Gasteiger partial charge on any atom is 0.0426 e. The quantitative estimate of drug-likeness (QED) is 0.892. The van der Waals surface area contributed by atoms with Crippen molar-refractivity contribution in [3.63, 3.8) is 0 Å². The summed E-state index contributed by atoms with van der Waals surface area (Å²) in [6.07, 6.45) is 3.17. The smallest absolute Gasteiger partial charge is 0.0426 e. The first-order chi connectivity index (χ1) is 9.63. The van der Waals surface area contributed by atoms with Gasteiger partial charge in [0.1, 0.15) is 0 Å². The molecule has 2 rings (SSSR count). The lowest BCUT2D eigenvalue weighted by Crippen LogP contribution is -2.38. The predicted molar refractivity (Wildman–Crippen MR) is 92.2 cm³/mol. The standard InChI is InChI=1S/C16H25ClN2S/c1-3-14(18)9-12-5-6-13(17)10-16(12)19-7-8-20-15(4-2)11-19/h5-6,10,14-15H,3-4,7-9,11,18H2,1-2H3. The highest BCUT2D eigenvalue weighted by Gasteiger charge is 2.21.